The molecule has 1 aromatic carbocycles. The van der Waals surface area contributed by atoms with Gasteiger partial charge in [0.2, 0.25) is 0 Å². The van der Waals surface area contributed by atoms with E-state index in [9.17, 15) is 8.78 Å². The maximum absolute atomic E-state index is 14.3. The zero-order chi connectivity index (χ0) is 16.9. The average molecular weight is 333 g/mol. The fourth-order valence-corrected chi connectivity index (χ4v) is 2.89. The number of nitrogens with zero attached hydrogens (tertiary/aromatic N) is 3. The molecule has 2 aromatic rings. The summed E-state index contributed by atoms with van der Waals surface area (Å²) in [6, 6.07) is 6.33. The largest absolute Gasteiger partial charge is 0.373 e. The quantitative estimate of drug-likeness (QED) is 0.839. The van der Waals surface area contributed by atoms with E-state index in [1.54, 1.807) is 12.1 Å². The molecule has 1 aliphatic heterocycles. The Bertz CT molecular complexity index is 670. The Balaban J connectivity index is 1.53. The normalized spacial score (nSPS) is 15.7. The first-order valence-electron chi connectivity index (χ1n) is 8.27. The second-order valence-electron chi connectivity index (χ2n) is 5.94. The van der Waals surface area contributed by atoms with Crippen LogP contribution in [0.1, 0.15) is 31.0 Å². The van der Waals surface area contributed by atoms with Crippen LogP contribution in [0.3, 0.4) is 0 Å². The Morgan fingerprint density at radius 3 is 2.50 bits per heavy atom. The minimum Gasteiger partial charge on any atom is -0.373 e. The van der Waals surface area contributed by atoms with Crippen LogP contribution in [0.4, 0.5) is 14.6 Å². The van der Waals surface area contributed by atoms with Crippen LogP contribution in [-0.4, -0.2) is 29.2 Å². The summed E-state index contributed by atoms with van der Waals surface area (Å²) in [5.74, 6) is -0.171. The molecule has 0 unspecified atom stereocenters. The number of hydrogen-bond acceptors (Lipinski definition) is 4. The zero-order valence-electron chi connectivity index (χ0n) is 13.7. The summed E-state index contributed by atoms with van der Waals surface area (Å²) in [5.41, 5.74) is 1.41. The van der Waals surface area contributed by atoms with E-state index >= 15 is 0 Å². The molecule has 4 nitrogen and oxygen atoms in total. The number of anilines is 1. The SMILES string of the molecule is CCc1ncnc(N2CCC(OCc3ccc(F)cc3)CC2)c1F. The molecule has 0 saturated carbocycles. The summed E-state index contributed by atoms with van der Waals surface area (Å²) < 4.78 is 33.1. The van der Waals surface area contributed by atoms with Gasteiger partial charge < -0.3 is 9.64 Å². The summed E-state index contributed by atoms with van der Waals surface area (Å²) in [6.45, 7) is 3.74. The number of halogens is 2. The highest BCUT2D eigenvalue weighted by molar-refractivity contribution is 5.41. The molecule has 2 heterocycles. The van der Waals surface area contributed by atoms with E-state index in [4.69, 9.17) is 4.74 Å². The Kier molecular flexibility index (Phi) is 5.35. The second kappa shape index (κ2) is 7.66. The summed E-state index contributed by atoms with van der Waals surface area (Å²) in [6.07, 6.45) is 3.73. The Morgan fingerprint density at radius 2 is 1.83 bits per heavy atom. The van der Waals surface area contributed by atoms with E-state index in [-0.39, 0.29) is 17.7 Å². The van der Waals surface area contributed by atoms with Crippen molar-refractivity contribution in [1.82, 2.24) is 9.97 Å². The van der Waals surface area contributed by atoms with Crippen molar-refractivity contribution in [3.63, 3.8) is 0 Å². The number of hydrogen-bond donors (Lipinski definition) is 0. The molecule has 0 radical (unpaired) electrons. The smallest absolute Gasteiger partial charge is 0.187 e. The fourth-order valence-electron chi connectivity index (χ4n) is 2.89. The number of rotatable bonds is 5. The second-order valence-corrected chi connectivity index (χ2v) is 5.94. The van der Waals surface area contributed by atoms with E-state index in [1.807, 2.05) is 11.8 Å². The van der Waals surface area contributed by atoms with Crippen LogP contribution < -0.4 is 4.90 Å². The van der Waals surface area contributed by atoms with E-state index < -0.39 is 0 Å². The van der Waals surface area contributed by atoms with Gasteiger partial charge >= 0.3 is 0 Å². The van der Waals surface area contributed by atoms with Crippen LogP contribution in [0, 0.1) is 11.6 Å². The number of piperidine rings is 1. The van der Waals surface area contributed by atoms with Crippen molar-refractivity contribution >= 4 is 5.82 Å². The summed E-state index contributed by atoms with van der Waals surface area (Å²) in [4.78, 5) is 10.0. The molecule has 0 amide bonds. The van der Waals surface area contributed by atoms with Gasteiger partial charge in [0.1, 0.15) is 12.1 Å². The zero-order valence-corrected chi connectivity index (χ0v) is 13.7. The summed E-state index contributed by atoms with van der Waals surface area (Å²) >= 11 is 0. The first-order valence-corrected chi connectivity index (χ1v) is 8.27. The highest BCUT2D eigenvalue weighted by atomic mass is 19.1. The molecule has 1 saturated heterocycles. The highest BCUT2D eigenvalue weighted by Gasteiger charge is 2.23. The lowest BCUT2D eigenvalue weighted by Crippen LogP contribution is -2.38. The third-order valence-electron chi connectivity index (χ3n) is 4.32. The van der Waals surface area contributed by atoms with Crippen molar-refractivity contribution in [1.29, 1.82) is 0 Å². The average Bonchev–Trinajstić information content (AvgIpc) is 2.62. The van der Waals surface area contributed by atoms with Crippen molar-refractivity contribution < 1.29 is 13.5 Å². The van der Waals surface area contributed by atoms with Gasteiger partial charge in [0.15, 0.2) is 11.6 Å². The molecule has 6 heteroatoms. The monoisotopic (exact) mass is 333 g/mol. The minimum atomic E-state index is -0.314. The van der Waals surface area contributed by atoms with E-state index in [2.05, 4.69) is 9.97 Å². The number of aromatic nitrogens is 2. The van der Waals surface area contributed by atoms with Crippen molar-refractivity contribution in [3.8, 4) is 0 Å². The lowest BCUT2D eigenvalue weighted by molar-refractivity contribution is 0.0249. The van der Waals surface area contributed by atoms with E-state index in [0.717, 1.165) is 18.4 Å². The topological polar surface area (TPSA) is 38.2 Å². The number of benzene rings is 1. The van der Waals surface area contributed by atoms with Gasteiger partial charge in [-0.25, -0.2) is 18.7 Å². The maximum atomic E-state index is 14.3. The third-order valence-corrected chi connectivity index (χ3v) is 4.32. The van der Waals surface area contributed by atoms with Gasteiger partial charge in [-0.3, -0.25) is 0 Å². The van der Waals surface area contributed by atoms with Gasteiger partial charge in [0.05, 0.1) is 18.4 Å². The van der Waals surface area contributed by atoms with Crippen LogP contribution in [0.15, 0.2) is 30.6 Å². The molecular formula is C18H21F2N3O. The Hall–Kier alpha value is -2.08. The van der Waals surface area contributed by atoms with Crippen molar-refractivity contribution in [2.45, 2.75) is 38.9 Å². The molecule has 0 atom stereocenters. The molecule has 0 bridgehead atoms. The predicted octanol–water partition coefficient (Wildman–Crippen LogP) is 3.50. The molecule has 1 aromatic heterocycles. The molecule has 3 rings (SSSR count). The third kappa shape index (κ3) is 3.87. The lowest BCUT2D eigenvalue weighted by Gasteiger charge is -2.33. The van der Waals surface area contributed by atoms with Gasteiger partial charge in [-0.2, -0.15) is 0 Å². The maximum Gasteiger partial charge on any atom is 0.187 e. The predicted molar refractivity (Wildman–Crippen MR) is 87.8 cm³/mol. The first kappa shape index (κ1) is 16.8. The van der Waals surface area contributed by atoms with Crippen LogP contribution in [0.5, 0.6) is 0 Å². The van der Waals surface area contributed by atoms with E-state index in [0.29, 0.717) is 37.6 Å². The number of aryl methyl sites for hydroxylation is 1. The molecule has 1 fully saturated rings. The van der Waals surface area contributed by atoms with Crippen LogP contribution in [0.2, 0.25) is 0 Å². The molecule has 24 heavy (non-hydrogen) atoms. The van der Waals surface area contributed by atoms with Crippen LogP contribution in [0.25, 0.3) is 0 Å². The first-order chi connectivity index (χ1) is 11.7. The van der Waals surface area contributed by atoms with Gasteiger partial charge in [-0.05, 0) is 37.0 Å². The van der Waals surface area contributed by atoms with Crippen molar-refractivity contribution in [2.24, 2.45) is 0 Å². The van der Waals surface area contributed by atoms with Gasteiger partial charge in [-0.1, -0.05) is 19.1 Å². The fraction of sp³-hybridized carbons (Fsp3) is 0.444. The van der Waals surface area contributed by atoms with E-state index in [1.165, 1.54) is 18.5 Å². The van der Waals surface area contributed by atoms with Gasteiger partial charge in [0, 0.05) is 13.1 Å². The Morgan fingerprint density at radius 1 is 1.12 bits per heavy atom. The van der Waals surface area contributed by atoms with Gasteiger partial charge in [-0.15, -0.1) is 0 Å². The van der Waals surface area contributed by atoms with Crippen molar-refractivity contribution in [3.05, 3.63) is 53.5 Å². The highest BCUT2D eigenvalue weighted by Crippen LogP contribution is 2.24. The molecule has 0 N–H and O–H groups in total. The summed E-state index contributed by atoms with van der Waals surface area (Å²) in [5, 5.41) is 0. The number of ether oxygens (including phenoxy) is 1. The molecule has 128 valence electrons. The summed E-state index contributed by atoms with van der Waals surface area (Å²) in [7, 11) is 0. The molecule has 0 aliphatic carbocycles. The van der Waals surface area contributed by atoms with Crippen LogP contribution >= 0.6 is 0 Å². The standard InChI is InChI=1S/C18H21F2N3O/c1-2-16-17(20)18(22-12-21-16)23-9-7-15(8-10-23)24-11-13-3-5-14(19)6-4-13/h3-6,12,15H,2,7-11H2,1H3. The van der Waals surface area contributed by atoms with Gasteiger partial charge in [0.25, 0.3) is 0 Å². The molecule has 1 aliphatic rings. The molecule has 0 spiro atoms. The van der Waals surface area contributed by atoms with Crippen LogP contribution in [-0.2, 0) is 17.8 Å². The molecular weight excluding hydrogens is 312 g/mol. The minimum absolute atomic E-state index is 0.127. The van der Waals surface area contributed by atoms with Crippen molar-refractivity contribution in [2.75, 3.05) is 18.0 Å². The lowest BCUT2D eigenvalue weighted by atomic mass is 10.1. The Labute approximate surface area is 140 Å².